The van der Waals surface area contributed by atoms with Crippen molar-refractivity contribution in [3.05, 3.63) is 72.1 Å². The van der Waals surface area contributed by atoms with Crippen LogP contribution in [0.3, 0.4) is 0 Å². The van der Waals surface area contributed by atoms with Crippen molar-refractivity contribution < 1.29 is 33.6 Å². The van der Waals surface area contributed by atoms with E-state index in [1.165, 1.54) is 9.79 Å². The molecule has 0 bridgehead atoms. The molecule has 1 atom stereocenters. The Kier molecular flexibility index (Phi) is 7.27. The lowest BCUT2D eigenvalue weighted by molar-refractivity contribution is -2.00. The first-order valence-electron chi connectivity index (χ1n) is 6.97. The molecule has 132 valence electrons. The number of ether oxygens (including phenoxy) is 1. The minimum absolute atomic E-state index is 0.103. The third-order valence-corrected chi connectivity index (χ3v) is 5.69. The molecule has 1 unspecified atom stereocenters. The normalized spacial score (nSPS) is 12.0. The summed E-state index contributed by atoms with van der Waals surface area (Å²) in [6.07, 6.45) is 2.25. The average molecular weight is 399 g/mol. The SMILES string of the molecule is C[S+](c1ccccc1)c1ccc(Oc2cccs2)cc1.[O-][Cl+3]([O-])([O-])[O-]. The van der Waals surface area contributed by atoms with Crippen LogP contribution < -0.4 is 23.4 Å². The lowest BCUT2D eigenvalue weighted by Crippen LogP contribution is -2.68. The highest BCUT2D eigenvalue weighted by molar-refractivity contribution is 7.96. The van der Waals surface area contributed by atoms with Gasteiger partial charge in [-0.3, -0.25) is 0 Å². The van der Waals surface area contributed by atoms with Crippen LogP contribution in [0.25, 0.3) is 0 Å². The molecule has 0 radical (unpaired) electrons. The highest BCUT2D eigenvalue weighted by atomic mass is 35.7. The third-order valence-electron chi connectivity index (χ3n) is 2.99. The quantitative estimate of drug-likeness (QED) is 0.594. The number of thiophene rings is 1. The van der Waals surface area contributed by atoms with Gasteiger partial charge in [0.25, 0.3) is 0 Å². The number of halogens is 1. The molecule has 3 rings (SSSR count). The zero-order chi connectivity index (χ0) is 18.3. The van der Waals surface area contributed by atoms with E-state index in [4.69, 9.17) is 23.4 Å². The minimum atomic E-state index is -4.94. The molecule has 1 heterocycles. The second-order valence-electron chi connectivity index (χ2n) is 4.71. The third kappa shape index (κ3) is 7.45. The smallest absolute Gasteiger partial charge is 0.180 e. The molecular weight excluding hydrogens is 384 g/mol. The zero-order valence-electron chi connectivity index (χ0n) is 13.2. The van der Waals surface area contributed by atoms with Crippen molar-refractivity contribution in [3.63, 3.8) is 0 Å². The van der Waals surface area contributed by atoms with Gasteiger partial charge in [-0.15, -0.1) is 21.6 Å². The van der Waals surface area contributed by atoms with Crippen LogP contribution in [0.4, 0.5) is 0 Å². The predicted octanol–water partition coefficient (Wildman–Crippen LogP) is 0.451. The molecule has 0 amide bonds. The Labute approximate surface area is 154 Å². The van der Waals surface area contributed by atoms with E-state index < -0.39 is 10.2 Å². The van der Waals surface area contributed by atoms with Crippen LogP contribution in [0.1, 0.15) is 0 Å². The monoisotopic (exact) mass is 398 g/mol. The standard InChI is InChI=1S/C17H15OS2.ClHO4/c1-20(15-6-3-2-4-7-15)16-11-9-14(10-12-16)18-17-8-5-13-19-17;2-1(3,4)5/h2-13H,1H3;(H,2,3,4,5)/q+1;/p-1. The number of rotatable bonds is 4. The van der Waals surface area contributed by atoms with E-state index in [1.54, 1.807) is 11.3 Å². The van der Waals surface area contributed by atoms with Crippen molar-refractivity contribution in [2.24, 2.45) is 0 Å². The first-order chi connectivity index (χ1) is 11.8. The second-order valence-corrected chi connectivity index (χ2v) is 8.34. The van der Waals surface area contributed by atoms with Gasteiger partial charge in [0, 0.05) is 0 Å². The highest BCUT2D eigenvalue weighted by Crippen LogP contribution is 2.28. The van der Waals surface area contributed by atoms with E-state index in [2.05, 4.69) is 48.7 Å². The topological polar surface area (TPSA) is 101 Å². The maximum atomic E-state index is 8.49. The van der Waals surface area contributed by atoms with Crippen molar-refractivity contribution in [1.29, 1.82) is 0 Å². The van der Waals surface area contributed by atoms with Crippen molar-refractivity contribution in [1.82, 2.24) is 0 Å². The summed E-state index contributed by atoms with van der Waals surface area (Å²) in [6.45, 7) is 0. The van der Waals surface area contributed by atoms with Gasteiger partial charge in [-0.25, -0.2) is 18.6 Å². The lowest BCUT2D eigenvalue weighted by atomic mass is 10.3. The molecule has 0 aliphatic heterocycles. The molecule has 0 saturated carbocycles. The van der Waals surface area contributed by atoms with Crippen molar-refractivity contribution in [2.45, 2.75) is 9.79 Å². The first kappa shape index (κ1) is 19.7. The maximum absolute atomic E-state index is 8.49. The van der Waals surface area contributed by atoms with Crippen LogP contribution in [0, 0.1) is 10.2 Å². The molecule has 1 aromatic heterocycles. The summed E-state index contributed by atoms with van der Waals surface area (Å²) in [4.78, 5) is 2.69. The van der Waals surface area contributed by atoms with E-state index >= 15 is 0 Å². The van der Waals surface area contributed by atoms with Gasteiger partial charge >= 0.3 is 0 Å². The van der Waals surface area contributed by atoms with Gasteiger partial charge in [-0.2, -0.15) is 0 Å². The fourth-order valence-corrected chi connectivity index (χ4v) is 3.88. The second kappa shape index (κ2) is 9.21. The van der Waals surface area contributed by atoms with Crippen LogP contribution in [-0.4, -0.2) is 6.26 Å². The molecule has 5 nitrogen and oxygen atoms in total. The van der Waals surface area contributed by atoms with Crippen LogP contribution in [-0.2, 0) is 10.9 Å². The molecule has 0 spiro atoms. The van der Waals surface area contributed by atoms with Crippen LogP contribution in [0.5, 0.6) is 10.8 Å². The maximum Gasteiger partial charge on any atom is 0.180 e. The number of hydrogen-bond acceptors (Lipinski definition) is 6. The van der Waals surface area contributed by atoms with E-state index in [-0.39, 0.29) is 10.9 Å². The Hall–Kier alpha value is -1.58. The van der Waals surface area contributed by atoms with Crippen molar-refractivity contribution in [2.75, 3.05) is 6.26 Å². The van der Waals surface area contributed by atoms with Gasteiger partial charge in [0.15, 0.2) is 14.9 Å². The molecule has 0 aliphatic carbocycles. The summed E-state index contributed by atoms with van der Waals surface area (Å²) in [6, 6.07) is 23.0. The summed E-state index contributed by atoms with van der Waals surface area (Å²) < 4.78 is 39.8. The fraction of sp³-hybridized carbons (Fsp3) is 0.0588. The summed E-state index contributed by atoms with van der Waals surface area (Å²) >= 11 is 1.60. The molecule has 2 aromatic carbocycles. The highest BCUT2D eigenvalue weighted by Gasteiger charge is 2.18. The Bertz CT molecular complexity index is 737. The Morgan fingerprint density at radius 2 is 1.36 bits per heavy atom. The van der Waals surface area contributed by atoms with E-state index in [0.717, 1.165) is 10.8 Å². The average Bonchev–Trinajstić information content (AvgIpc) is 3.07. The van der Waals surface area contributed by atoms with Gasteiger partial charge in [0.1, 0.15) is 12.0 Å². The van der Waals surface area contributed by atoms with E-state index in [0.29, 0.717) is 0 Å². The molecule has 0 saturated heterocycles. The summed E-state index contributed by atoms with van der Waals surface area (Å²) in [5.74, 6) is 0.890. The molecule has 8 heteroatoms. The van der Waals surface area contributed by atoms with Gasteiger partial charge in [0.2, 0.25) is 0 Å². The lowest BCUT2D eigenvalue weighted by Gasteiger charge is -2.17. The zero-order valence-corrected chi connectivity index (χ0v) is 15.6. The van der Waals surface area contributed by atoms with Gasteiger partial charge in [-0.1, -0.05) is 18.2 Å². The molecular formula is C17H15ClO5S2. The van der Waals surface area contributed by atoms with Crippen molar-refractivity contribution >= 4 is 22.2 Å². The molecule has 25 heavy (non-hydrogen) atoms. The van der Waals surface area contributed by atoms with Gasteiger partial charge in [0.05, 0.1) is 10.9 Å². The molecule has 0 fully saturated rings. The largest absolute Gasteiger partial charge is 0.447 e. The number of hydrogen-bond donors (Lipinski definition) is 0. The first-order valence-corrected chi connectivity index (χ1v) is 10.7. The summed E-state index contributed by atoms with van der Waals surface area (Å²) in [5, 5.41) is 2.94. The van der Waals surface area contributed by atoms with Crippen LogP contribution in [0.2, 0.25) is 0 Å². The minimum Gasteiger partial charge on any atom is -0.447 e. The summed E-state index contributed by atoms with van der Waals surface area (Å²) in [7, 11) is -4.84. The van der Waals surface area contributed by atoms with Gasteiger partial charge < -0.3 is 4.74 Å². The van der Waals surface area contributed by atoms with Crippen LogP contribution >= 0.6 is 11.3 Å². The Balaban J connectivity index is 0.000000399. The predicted molar refractivity (Wildman–Crippen MR) is 87.1 cm³/mol. The van der Waals surface area contributed by atoms with E-state index in [9.17, 15) is 0 Å². The molecule has 0 aliphatic rings. The number of benzene rings is 2. The van der Waals surface area contributed by atoms with Crippen LogP contribution in [0.15, 0.2) is 81.9 Å². The molecule has 0 N–H and O–H groups in total. The Morgan fingerprint density at radius 1 is 0.800 bits per heavy atom. The fourth-order valence-electron chi connectivity index (χ4n) is 1.91. The van der Waals surface area contributed by atoms with Crippen molar-refractivity contribution in [3.8, 4) is 10.8 Å². The van der Waals surface area contributed by atoms with Gasteiger partial charge in [-0.05, 0) is 53.9 Å². The van der Waals surface area contributed by atoms with E-state index in [1.807, 2.05) is 29.6 Å². The summed E-state index contributed by atoms with van der Waals surface area (Å²) in [5.41, 5.74) is 0. The Morgan fingerprint density at radius 3 is 1.88 bits per heavy atom. The molecule has 3 aromatic rings.